The van der Waals surface area contributed by atoms with E-state index in [1.54, 1.807) is 0 Å². The van der Waals surface area contributed by atoms with E-state index in [9.17, 15) is 0 Å². The fourth-order valence-electron chi connectivity index (χ4n) is 5.63. The van der Waals surface area contributed by atoms with Crippen LogP contribution in [0.2, 0.25) is 17.3 Å². The molecule has 5 heteroatoms. The van der Waals surface area contributed by atoms with Crippen LogP contribution in [-0.4, -0.2) is 23.2 Å². The van der Waals surface area contributed by atoms with Crippen molar-refractivity contribution in [3.63, 3.8) is 0 Å². The number of rotatable bonds is 5. The van der Waals surface area contributed by atoms with Crippen molar-refractivity contribution in [1.29, 1.82) is 0 Å². The van der Waals surface area contributed by atoms with Crippen LogP contribution in [0.25, 0.3) is 53.8 Å². The molecule has 0 spiro atoms. The summed E-state index contributed by atoms with van der Waals surface area (Å²) < 4.78 is 4.04. The monoisotopic (exact) mass is 871 g/mol. The summed E-state index contributed by atoms with van der Waals surface area (Å²) in [5, 5.41) is 2.59. The van der Waals surface area contributed by atoms with E-state index in [-0.39, 0.29) is 25.5 Å². The van der Waals surface area contributed by atoms with Crippen molar-refractivity contribution in [2.75, 3.05) is 0 Å². The molecule has 2 nitrogen and oxygen atoms in total. The first-order valence-electron chi connectivity index (χ1n) is 15.9. The van der Waals surface area contributed by atoms with Crippen molar-refractivity contribution in [2.24, 2.45) is 5.41 Å². The average molecular weight is 870 g/mol. The SMILES string of the molecule is CC(C)(C)Cc1ccnc(-c2[c-]cc3sc4c(-c5ccccc5)cccc4c3c2)c1.[CH3][Ge]([CH3])([CH3])[c]1ccc(-c2[c-]cccc2)nc1.[Ir]. The molecule has 7 rings (SSSR count). The molecule has 7 aromatic rings. The largest absolute Gasteiger partial charge is 0 e. The zero-order chi connectivity index (χ0) is 32.3. The summed E-state index contributed by atoms with van der Waals surface area (Å²) in [7, 11) is 0. The zero-order valence-electron chi connectivity index (χ0n) is 27.9. The summed E-state index contributed by atoms with van der Waals surface area (Å²) in [6.45, 7) is 6.81. The second-order valence-corrected chi connectivity index (χ2v) is 25.7. The van der Waals surface area contributed by atoms with E-state index in [1.807, 2.05) is 48.0 Å². The van der Waals surface area contributed by atoms with Crippen molar-refractivity contribution in [2.45, 2.75) is 44.5 Å². The van der Waals surface area contributed by atoms with Crippen LogP contribution in [0.3, 0.4) is 0 Å². The molecule has 0 aliphatic rings. The van der Waals surface area contributed by atoms with Crippen molar-refractivity contribution < 1.29 is 20.1 Å². The molecule has 0 unspecified atom stereocenters. The molecule has 0 atom stereocenters. The maximum Gasteiger partial charge on any atom is 0 e. The van der Waals surface area contributed by atoms with Crippen LogP contribution in [0.4, 0.5) is 0 Å². The molecule has 0 aliphatic heterocycles. The number of nitrogens with zero attached hydrogens (tertiary/aromatic N) is 2. The van der Waals surface area contributed by atoms with E-state index in [1.165, 1.54) is 41.3 Å². The van der Waals surface area contributed by atoms with E-state index in [2.05, 4.69) is 145 Å². The summed E-state index contributed by atoms with van der Waals surface area (Å²) in [5.74, 6) is 7.14. The predicted molar refractivity (Wildman–Crippen MR) is 201 cm³/mol. The van der Waals surface area contributed by atoms with Gasteiger partial charge in [-0.3, -0.25) is 0 Å². The Bertz CT molecular complexity index is 2070. The molecular formula is C42H40GeIrN2S-2. The smallest absolute Gasteiger partial charge is 0 e. The summed E-state index contributed by atoms with van der Waals surface area (Å²) in [6.07, 6.45) is 5.00. The van der Waals surface area contributed by atoms with Gasteiger partial charge >= 0.3 is 99.8 Å². The second-order valence-electron chi connectivity index (χ2n) is 14.0. The quantitative estimate of drug-likeness (QED) is 0.127. The van der Waals surface area contributed by atoms with Gasteiger partial charge in [0.05, 0.1) is 0 Å². The van der Waals surface area contributed by atoms with Crippen molar-refractivity contribution in [1.82, 2.24) is 9.97 Å². The fourth-order valence-corrected chi connectivity index (χ4v) is 9.00. The van der Waals surface area contributed by atoms with Gasteiger partial charge in [0.15, 0.2) is 0 Å². The van der Waals surface area contributed by atoms with Gasteiger partial charge in [-0.05, 0) is 44.8 Å². The minimum absolute atomic E-state index is 0. The van der Waals surface area contributed by atoms with Gasteiger partial charge in [0.25, 0.3) is 0 Å². The van der Waals surface area contributed by atoms with E-state index < -0.39 is 13.3 Å². The zero-order valence-corrected chi connectivity index (χ0v) is 33.2. The Labute approximate surface area is 300 Å². The first-order valence-corrected chi connectivity index (χ1v) is 24.0. The second kappa shape index (κ2) is 14.8. The van der Waals surface area contributed by atoms with Crippen LogP contribution in [-0.2, 0) is 26.5 Å². The number of benzene rings is 4. The Hall–Kier alpha value is -3.41. The van der Waals surface area contributed by atoms with Crippen molar-refractivity contribution in [3.8, 4) is 33.6 Å². The molecule has 4 aromatic carbocycles. The molecule has 239 valence electrons. The number of hydrogen-bond donors (Lipinski definition) is 0. The molecule has 0 fully saturated rings. The van der Waals surface area contributed by atoms with E-state index in [4.69, 9.17) is 0 Å². The first-order chi connectivity index (χ1) is 22.0. The van der Waals surface area contributed by atoms with Crippen LogP contribution in [0.1, 0.15) is 26.3 Å². The molecule has 0 saturated carbocycles. The number of aromatic nitrogens is 2. The number of pyridine rings is 2. The fraction of sp³-hybridized carbons (Fsp3) is 0.190. The van der Waals surface area contributed by atoms with Gasteiger partial charge < -0.3 is 4.98 Å². The third-order valence-corrected chi connectivity index (χ3v) is 13.4. The maximum atomic E-state index is 4.65. The van der Waals surface area contributed by atoms with Gasteiger partial charge in [-0.1, -0.05) is 86.3 Å². The Balaban J connectivity index is 0.000000217. The Morgan fingerprint density at radius 1 is 0.723 bits per heavy atom. The Kier molecular flexibility index (Phi) is 11.0. The summed E-state index contributed by atoms with van der Waals surface area (Å²) >= 11 is 0.130. The molecule has 0 aliphatic carbocycles. The third-order valence-electron chi connectivity index (χ3n) is 7.96. The maximum absolute atomic E-state index is 4.65. The van der Waals surface area contributed by atoms with E-state index >= 15 is 0 Å². The van der Waals surface area contributed by atoms with Crippen LogP contribution in [0, 0.1) is 17.5 Å². The van der Waals surface area contributed by atoms with Gasteiger partial charge in [0.1, 0.15) is 0 Å². The number of thiophene rings is 1. The van der Waals surface area contributed by atoms with Gasteiger partial charge in [-0.2, -0.15) is 11.3 Å². The normalized spacial score (nSPS) is 11.5. The van der Waals surface area contributed by atoms with Crippen LogP contribution >= 0.6 is 11.3 Å². The van der Waals surface area contributed by atoms with Crippen LogP contribution in [0.15, 0.2) is 122 Å². The number of fused-ring (bicyclic) bond motifs is 3. The summed E-state index contributed by atoms with van der Waals surface area (Å²) in [6, 6.07) is 44.9. The van der Waals surface area contributed by atoms with Gasteiger partial charge in [-0.25, -0.2) is 0 Å². The molecule has 3 aromatic heterocycles. The third kappa shape index (κ3) is 8.55. The molecule has 1 radical (unpaired) electrons. The Morgan fingerprint density at radius 2 is 1.51 bits per heavy atom. The van der Waals surface area contributed by atoms with Crippen LogP contribution in [0.5, 0.6) is 0 Å². The molecule has 47 heavy (non-hydrogen) atoms. The number of hydrogen-bond acceptors (Lipinski definition) is 3. The predicted octanol–water partition coefficient (Wildman–Crippen LogP) is 11.3. The van der Waals surface area contributed by atoms with Crippen molar-refractivity contribution in [3.05, 3.63) is 139 Å². The van der Waals surface area contributed by atoms with Gasteiger partial charge in [0, 0.05) is 31.0 Å². The molecule has 0 saturated heterocycles. The molecule has 0 N–H and O–H groups in total. The van der Waals surface area contributed by atoms with E-state index in [0.717, 1.165) is 28.9 Å². The topological polar surface area (TPSA) is 25.8 Å². The minimum atomic E-state index is -1.72. The first kappa shape index (κ1) is 34.9. The molecule has 0 amide bonds. The summed E-state index contributed by atoms with van der Waals surface area (Å²) in [4.78, 5) is 9.18. The average Bonchev–Trinajstić information content (AvgIpc) is 3.43. The molecule has 0 bridgehead atoms. The van der Waals surface area contributed by atoms with Crippen molar-refractivity contribution >= 4 is 49.2 Å². The van der Waals surface area contributed by atoms with Gasteiger partial charge in [0.2, 0.25) is 0 Å². The summed E-state index contributed by atoms with van der Waals surface area (Å²) in [5.41, 5.74) is 8.26. The van der Waals surface area contributed by atoms with Gasteiger partial charge in [-0.15, -0.1) is 23.8 Å². The van der Waals surface area contributed by atoms with E-state index in [0.29, 0.717) is 0 Å². The Morgan fingerprint density at radius 3 is 2.19 bits per heavy atom. The standard InChI is InChI=1S/C28H24NS.C14H16GeN.Ir/c1-28(2,3)18-19-14-15-29-25(16-19)21-12-13-26-24(17-21)23-11-7-10-22(27(23)30-26)20-8-5-4-6-9-20;1-15(2,3)13-9-10-14(16-11-13)12-7-5-4-6-8-12;/h4-11,13-17H,18H2,1-3H3;4-7,9-11H,1-3H3;/q2*-1;. The molecule has 3 heterocycles. The minimum Gasteiger partial charge on any atom is 0 e. The molecular weight excluding hydrogens is 829 g/mol. The van der Waals surface area contributed by atoms with Crippen LogP contribution < -0.4 is 4.40 Å².